The van der Waals surface area contributed by atoms with E-state index < -0.39 is 95.3 Å². The summed E-state index contributed by atoms with van der Waals surface area (Å²) in [7, 11) is 1.95. The number of aliphatic hydroxyl groups is 1. The molecule has 5 atom stereocenters. The van der Waals surface area contributed by atoms with Gasteiger partial charge in [0.1, 0.15) is 36.9 Å². The van der Waals surface area contributed by atoms with Crippen LogP contribution in [-0.4, -0.2) is 161 Å². The number of β-amino-alcohol motifs (C(OH)–C–C–N with tert-alkyl or cyclic N) is 1. The SMILES string of the molecule is Cc1ncsc1-c1ccc(CNC(=O)[C@@H]2C[C@@H](O)CN2C(=O)C(NC(=O)COCC(=O)N2CCN(c3ncc(-c4cc(NC(=O)c5ccc(F)cc5C(F)(F)F)c(N5C[C@@H](C)N(C)[C@@H](C)C5)cc4F)cn3)CC2)C(C)(C)C)cc1. The summed E-state index contributed by atoms with van der Waals surface area (Å²) in [5.41, 5.74) is 1.89. The van der Waals surface area contributed by atoms with Crippen LogP contribution in [-0.2, 0) is 36.6 Å². The summed E-state index contributed by atoms with van der Waals surface area (Å²) in [6, 6.07) is 9.92. The Kier molecular flexibility index (Phi) is 17.7. The molecule has 1 unspecified atom stereocenters. The summed E-state index contributed by atoms with van der Waals surface area (Å²) in [6.45, 7) is 12.2. The molecule has 3 saturated heterocycles. The summed E-state index contributed by atoms with van der Waals surface area (Å²) in [6.07, 6.45) is -3.22. The highest BCUT2D eigenvalue weighted by Crippen LogP contribution is 2.38. The minimum Gasteiger partial charge on any atom is -0.391 e. The van der Waals surface area contributed by atoms with Crippen molar-refractivity contribution < 1.29 is 55.8 Å². The van der Waals surface area contributed by atoms with Gasteiger partial charge in [0.2, 0.25) is 29.6 Å². The van der Waals surface area contributed by atoms with Gasteiger partial charge in [-0.05, 0) is 74.7 Å². The van der Waals surface area contributed by atoms with Gasteiger partial charge in [-0.3, -0.25) is 28.9 Å². The summed E-state index contributed by atoms with van der Waals surface area (Å²) >= 11 is 1.54. The normalized spacial score (nSPS) is 19.6. The van der Waals surface area contributed by atoms with Crippen molar-refractivity contribution in [2.45, 2.75) is 91.0 Å². The van der Waals surface area contributed by atoms with Crippen LogP contribution in [0.25, 0.3) is 21.6 Å². The minimum absolute atomic E-state index is 0.00150. The molecular formula is C55H64F5N11O7S. The number of benzene rings is 3. The van der Waals surface area contributed by atoms with Gasteiger partial charge >= 0.3 is 6.18 Å². The van der Waals surface area contributed by atoms with Gasteiger partial charge in [0.15, 0.2) is 0 Å². The number of alkyl halides is 3. The van der Waals surface area contributed by atoms with E-state index in [0.717, 1.165) is 33.8 Å². The molecule has 2 aromatic heterocycles. The lowest BCUT2D eigenvalue weighted by atomic mass is 9.85. The molecule has 3 fully saturated rings. The number of anilines is 3. The average molecular weight is 1120 g/mol. The molecule has 18 nitrogen and oxygen atoms in total. The van der Waals surface area contributed by atoms with Crippen LogP contribution >= 0.6 is 11.3 Å². The Morgan fingerprint density at radius 2 is 1.52 bits per heavy atom. The number of carbonyl (C=O) groups is 5. The Morgan fingerprint density at radius 1 is 0.848 bits per heavy atom. The summed E-state index contributed by atoms with van der Waals surface area (Å²) in [5.74, 6) is -4.81. The third kappa shape index (κ3) is 13.7. The molecule has 4 N–H and O–H groups in total. The molecule has 3 aromatic carbocycles. The summed E-state index contributed by atoms with van der Waals surface area (Å²) in [5, 5.41) is 18.8. The van der Waals surface area contributed by atoms with E-state index in [0.29, 0.717) is 26.2 Å². The lowest BCUT2D eigenvalue weighted by Crippen LogP contribution is -2.58. The maximum Gasteiger partial charge on any atom is 0.417 e. The van der Waals surface area contributed by atoms with Crippen molar-refractivity contribution in [3.8, 4) is 21.6 Å². The fraction of sp³-hybridized carbons (Fsp3) is 0.455. The quantitative estimate of drug-likeness (QED) is 0.0873. The molecule has 8 rings (SSSR count). The van der Waals surface area contributed by atoms with E-state index in [-0.39, 0.29) is 79.2 Å². The number of aromatic nitrogens is 3. The smallest absolute Gasteiger partial charge is 0.391 e. The first-order chi connectivity index (χ1) is 37.4. The lowest BCUT2D eigenvalue weighted by molar-refractivity contribution is -0.145. The predicted octanol–water partition coefficient (Wildman–Crippen LogP) is 6.13. The number of ether oxygens (including phenoxy) is 1. The van der Waals surface area contributed by atoms with Crippen molar-refractivity contribution in [2.24, 2.45) is 5.41 Å². The van der Waals surface area contributed by atoms with Crippen LogP contribution in [0.4, 0.5) is 39.3 Å². The first-order valence-electron chi connectivity index (χ1n) is 25.8. The molecule has 3 aliphatic heterocycles. The van der Waals surface area contributed by atoms with Crippen LogP contribution < -0.4 is 25.8 Å². The molecule has 3 aliphatic rings. The van der Waals surface area contributed by atoms with Crippen molar-refractivity contribution in [3.63, 3.8) is 0 Å². The summed E-state index contributed by atoms with van der Waals surface area (Å²) < 4.78 is 77.7. The number of likely N-dealkylation sites (tertiary alicyclic amines) is 1. The number of hydrogen-bond acceptors (Lipinski definition) is 14. The first kappa shape index (κ1) is 58.0. The minimum atomic E-state index is -5.04. The number of hydrogen-bond donors (Lipinski definition) is 4. The van der Waals surface area contributed by atoms with Gasteiger partial charge in [-0.2, -0.15) is 13.2 Å². The van der Waals surface area contributed by atoms with Gasteiger partial charge in [0.25, 0.3) is 5.91 Å². The maximum absolute atomic E-state index is 16.2. The zero-order valence-corrected chi connectivity index (χ0v) is 45.7. The third-order valence-corrected chi connectivity index (χ3v) is 15.6. The highest BCUT2D eigenvalue weighted by Gasteiger charge is 2.45. The molecule has 5 amide bonds. The Labute approximate surface area is 458 Å². The lowest BCUT2D eigenvalue weighted by Gasteiger charge is -2.44. The Bertz CT molecular complexity index is 3030. The van der Waals surface area contributed by atoms with Gasteiger partial charge in [0, 0.05) is 94.4 Å². The second-order valence-electron chi connectivity index (χ2n) is 21.3. The van der Waals surface area contributed by atoms with Crippen LogP contribution in [0, 0.1) is 24.0 Å². The number of nitrogens with one attached hydrogen (secondary N) is 3. The number of aliphatic hydroxyl groups excluding tert-OH is 1. The highest BCUT2D eigenvalue weighted by atomic mass is 32.1. The molecule has 5 aromatic rings. The molecule has 5 heterocycles. The fourth-order valence-electron chi connectivity index (χ4n) is 9.97. The maximum atomic E-state index is 16.2. The van der Waals surface area contributed by atoms with Crippen LogP contribution in [0.1, 0.15) is 68.2 Å². The van der Waals surface area contributed by atoms with E-state index in [4.69, 9.17) is 4.74 Å². The van der Waals surface area contributed by atoms with Gasteiger partial charge in [-0.15, -0.1) is 11.3 Å². The van der Waals surface area contributed by atoms with Gasteiger partial charge in [-0.1, -0.05) is 45.0 Å². The average Bonchev–Trinajstić information content (AvgIpc) is 4.05. The molecule has 0 aliphatic carbocycles. The zero-order valence-electron chi connectivity index (χ0n) is 44.9. The number of rotatable bonds is 15. The predicted molar refractivity (Wildman–Crippen MR) is 287 cm³/mol. The van der Waals surface area contributed by atoms with Crippen LogP contribution in [0.3, 0.4) is 0 Å². The number of carbonyl (C=O) groups excluding carboxylic acids is 5. The first-order valence-corrected chi connectivity index (χ1v) is 26.7. The molecule has 0 radical (unpaired) electrons. The number of likely N-dealkylation sites (N-methyl/N-ethyl adjacent to an activating group) is 1. The number of nitrogens with zero attached hydrogens (tertiary/aromatic N) is 8. The van der Waals surface area contributed by atoms with E-state index in [9.17, 15) is 46.6 Å². The molecule has 0 saturated carbocycles. The molecular weight excluding hydrogens is 1050 g/mol. The number of amides is 5. The highest BCUT2D eigenvalue weighted by molar-refractivity contribution is 7.13. The number of thiazole rings is 1. The second kappa shape index (κ2) is 24.1. The van der Waals surface area contributed by atoms with E-state index in [1.165, 1.54) is 40.8 Å². The molecule has 0 bridgehead atoms. The number of aryl methyl sites for hydroxylation is 1. The van der Waals surface area contributed by atoms with E-state index >= 15 is 4.39 Å². The van der Waals surface area contributed by atoms with Crippen LogP contribution in [0.5, 0.6) is 0 Å². The van der Waals surface area contributed by atoms with Crippen molar-refractivity contribution in [3.05, 3.63) is 107 Å². The molecule has 24 heteroatoms. The van der Waals surface area contributed by atoms with Crippen LogP contribution in [0.15, 0.2) is 72.5 Å². The Balaban J connectivity index is 0.842. The van der Waals surface area contributed by atoms with E-state index in [2.05, 4.69) is 35.8 Å². The van der Waals surface area contributed by atoms with Crippen molar-refractivity contribution in [1.82, 2.24) is 40.3 Å². The monoisotopic (exact) mass is 1120 g/mol. The van der Waals surface area contributed by atoms with E-state index in [1.807, 2.05) is 61.9 Å². The van der Waals surface area contributed by atoms with E-state index in [1.54, 1.807) is 31.2 Å². The number of halogens is 5. The third-order valence-electron chi connectivity index (χ3n) is 14.6. The van der Waals surface area contributed by atoms with Gasteiger partial charge in [0.05, 0.1) is 44.7 Å². The Hall–Kier alpha value is -7.15. The second-order valence-corrected chi connectivity index (χ2v) is 22.2. The Morgan fingerprint density at radius 3 is 2.14 bits per heavy atom. The van der Waals surface area contributed by atoms with Crippen LogP contribution in [0.2, 0.25) is 0 Å². The van der Waals surface area contributed by atoms with Crippen molar-refractivity contribution >= 4 is 58.2 Å². The molecule has 79 heavy (non-hydrogen) atoms. The van der Waals surface area contributed by atoms with Gasteiger partial charge in [-0.25, -0.2) is 23.7 Å². The van der Waals surface area contributed by atoms with Gasteiger partial charge < -0.3 is 45.4 Å². The molecule has 422 valence electrons. The summed E-state index contributed by atoms with van der Waals surface area (Å²) in [4.78, 5) is 90.6. The standard InChI is InChI=1S/C55H64F5N11O7S/c1-31-25-70(26-32(2)67(31)7)44-21-42(57)40(20-43(44)65-50(75)39-13-12-37(56)18-41(39)55(58,59)60)36-23-62-53(63-24-36)69-16-14-68(15-17-69)47(74)29-78-28-46(73)66-49(54(4,5)6)52(77)71-27-38(72)19-45(71)51(76)61-22-34-8-10-35(11-9-34)48-33(3)64-30-79-48/h8-13,18,20-21,23-24,30-32,38,45,49,72H,14-17,19,22,25-29H2,1-7H3,(H,61,76)(H,65,75)(H,66,73)/t31-,32+,38-,45+,49?/m1/s1. The van der Waals surface area contributed by atoms with Crippen molar-refractivity contribution in [2.75, 3.05) is 81.2 Å². The van der Waals surface area contributed by atoms with Crippen molar-refractivity contribution in [1.29, 1.82) is 0 Å². The largest absolute Gasteiger partial charge is 0.417 e. The zero-order chi connectivity index (χ0) is 57.1. The number of piperazine rings is 2. The molecule has 0 spiro atoms. The topological polar surface area (TPSA) is 206 Å². The fourth-order valence-corrected chi connectivity index (χ4v) is 10.8.